The second-order valence-electron chi connectivity index (χ2n) is 7.72. The van der Waals surface area contributed by atoms with Crippen molar-refractivity contribution in [2.45, 2.75) is 39.0 Å². The summed E-state index contributed by atoms with van der Waals surface area (Å²) < 4.78 is 30.3. The third kappa shape index (κ3) is 5.08. The van der Waals surface area contributed by atoms with Crippen LogP contribution in [0.4, 0.5) is 5.69 Å². The lowest BCUT2D eigenvalue weighted by Crippen LogP contribution is -2.24. The zero-order valence-corrected chi connectivity index (χ0v) is 17.8. The van der Waals surface area contributed by atoms with Crippen LogP contribution in [0.5, 0.6) is 0 Å². The molecule has 3 aromatic rings. The molecule has 0 saturated heterocycles. The van der Waals surface area contributed by atoms with Crippen molar-refractivity contribution >= 4 is 32.4 Å². The van der Waals surface area contributed by atoms with Gasteiger partial charge in [-0.25, -0.2) is 0 Å². The van der Waals surface area contributed by atoms with Gasteiger partial charge in [-0.1, -0.05) is 50.2 Å². The standard InChI is InChI=1S/C14H19NO3S.C9H7N/c1-10-14(2,3)13-11(6-4-8-12(13)15-10)7-5-9-19(16,17)18;1-2-6-9-8(4-1)5-3-7-10-9/h4,6,8H,5,7,9H2,1-3H3,(H,16,17,18);1-7H. The molecule has 29 heavy (non-hydrogen) atoms. The van der Waals surface area contributed by atoms with Gasteiger partial charge in [0.05, 0.1) is 17.0 Å². The molecule has 4 rings (SSSR count). The number of para-hydroxylation sites is 1. The number of rotatable bonds is 4. The van der Waals surface area contributed by atoms with Crippen LogP contribution in [0.2, 0.25) is 0 Å². The van der Waals surface area contributed by atoms with E-state index in [1.807, 2.05) is 55.6 Å². The van der Waals surface area contributed by atoms with E-state index < -0.39 is 10.1 Å². The van der Waals surface area contributed by atoms with Gasteiger partial charge < -0.3 is 0 Å². The van der Waals surface area contributed by atoms with E-state index in [9.17, 15) is 8.42 Å². The third-order valence-electron chi connectivity index (χ3n) is 5.31. The van der Waals surface area contributed by atoms with E-state index in [2.05, 4.69) is 36.0 Å². The van der Waals surface area contributed by atoms with Crippen molar-refractivity contribution in [3.05, 3.63) is 71.9 Å². The molecule has 0 amide bonds. The highest BCUT2D eigenvalue weighted by atomic mass is 32.2. The molecule has 0 unspecified atom stereocenters. The molecule has 5 nitrogen and oxygen atoms in total. The largest absolute Gasteiger partial charge is 0.286 e. The first-order valence-corrected chi connectivity index (χ1v) is 11.2. The van der Waals surface area contributed by atoms with Crippen LogP contribution in [0, 0.1) is 0 Å². The van der Waals surface area contributed by atoms with E-state index in [1.54, 1.807) is 0 Å². The molecule has 1 N–H and O–H groups in total. The second-order valence-corrected chi connectivity index (χ2v) is 9.29. The molecule has 1 aliphatic rings. The molecule has 0 atom stereocenters. The maximum absolute atomic E-state index is 10.8. The van der Waals surface area contributed by atoms with E-state index in [1.165, 1.54) is 10.9 Å². The predicted octanol–water partition coefficient (Wildman–Crippen LogP) is 5.13. The molecule has 2 heterocycles. The Labute approximate surface area is 172 Å². The van der Waals surface area contributed by atoms with Crippen molar-refractivity contribution < 1.29 is 13.0 Å². The van der Waals surface area contributed by atoms with Gasteiger partial charge in [0.15, 0.2) is 0 Å². The zero-order valence-electron chi connectivity index (χ0n) is 17.0. The van der Waals surface area contributed by atoms with Crippen LogP contribution < -0.4 is 0 Å². The maximum atomic E-state index is 10.8. The summed E-state index contributed by atoms with van der Waals surface area (Å²) in [5.41, 5.74) is 5.31. The van der Waals surface area contributed by atoms with Crippen molar-refractivity contribution in [3.63, 3.8) is 0 Å². The highest BCUT2D eigenvalue weighted by Crippen LogP contribution is 2.42. The van der Waals surface area contributed by atoms with Gasteiger partial charge in [-0.2, -0.15) is 8.42 Å². The Bertz CT molecular complexity index is 1090. The summed E-state index contributed by atoms with van der Waals surface area (Å²) >= 11 is 0. The summed E-state index contributed by atoms with van der Waals surface area (Å²) in [5.74, 6) is -0.197. The Morgan fingerprint density at radius 1 is 1.00 bits per heavy atom. The number of aryl methyl sites for hydroxylation is 1. The van der Waals surface area contributed by atoms with Crippen molar-refractivity contribution in [1.82, 2.24) is 4.98 Å². The van der Waals surface area contributed by atoms with Gasteiger partial charge in [0.2, 0.25) is 0 Å². The van der Waals surface area contributed by atoms with Gasteiger partial charge in [-0.05, 0) is 49.1 Å². The number of pyridine rings is 1. The van der Waals surface area contributed by atoms with Gasteiger partial charge >= 0.3 is 0 Å². The summed E-state index contributed by atoms with van der Waals surface area (Å²) in [6, 6.07) is 18.0. The van der Waals surface area contributed by atoms with Crippen molar-refractivity contribution in [1.29, 1.82) is 0 Å². The molecule has 0 saturated carbocycles. The first kappa shape index (κ1) is 21.1. The van der Waals surface area contributed by atoms with E-state index in [4.69, 9.17) is 4.55 Å². The molecule has 0 bridgehead atoms. The van der Waals surface area contributed by atoms with E-state index in [0.29, 0.717) is 12.8 Å². The minimum Gasteiger partial charge on any atom is -0.286 e. The maximum Gasteiger partial charge on any atom is 0.264 e. The summed E-state index contributed by atoms with van der Waals surface area (Å²) in [6.45, 7) is 6.27. The zero-order chi connectivity index (χ0) is 21.1. The van der Waals surface area contributed by atoms with Gasteiger partial charge in [0.1, 0.15) is 0 Å². The highest BCUT2D eigenvalue weighted by Gasteiger charge is 2.33. The smallest absolute Gasteiger partial charge is 0.264 e. The Balaban J connectivity index is 0.000000200. The quantitative estimate of drug-likeness (QED) is 0.605. The van der Waals surface area contributed by atoms with Crippen LogP contribution in [0.1, 0.15) is 38.3 Å². The van der Waals surface area contributed by atoms with Crippen molar-refractivity contribution in [2.75, 3.05) is 5.75 Å². The number of fused-ring (bicyclic) bond motifs is 2. The summed E-state index contributed by atoms with van der Waals surface area (Å²) in [6.07, 6.45) is 2.86. The summed E-state index contributed by atoms with van der Waals surface area (Å²) in [5, 5.41) is 1.20. The topological polar surface area (TPSA) is 79.6 Å². The molecule has 6 heteroatoms. The monoisotopic (exact) mass is 410 g/mol. The number of aromatic nitrogens is 1. The van der Waals surface area contributed by atoms with Crippen LogP contribution in [0.15, 0.2) is 65.8 Å². The van der Waals surface area contributed by atoms with Crippen molar-refractivity contribution in [3.8, 4) is 0 Å². The van der Waals surface area contributed by atoms with Crippen LogP contribution in [-0.2, 0) is 22.0 Å². The van der Waals surface area contributed by atoms with E-state index >= 15 is 0 Å². The molecule has 1 aliphatic heterocycles. The SMILES string of the molecule is CC1=Nc2cccc(CCCS(=O)(=O)O)c2C1(C)C.c1ccc2ncccc2c1. The predicted molar refractivity (Wildman–Crippen MR) is 119 cm³/mol. The van der Waals surface area contributed by atoms with Gasteiger partial charge in [0.25, 0.3) is 10.1 Å². The fourth-order valence-electron chi connectivity index (χ4n) is 3.57. The lowest BCUT2D eigenvalue weighted by molar-refractivity contribution is 0.481. The molecule has 0 fully saturated rings. The molecule has 2 aromatic carbocycles. The van der Waals surface area contributed by atoms with Crippen molar-refractivity contribution in [2.24, 2.45) is 4.99 Å². The lowest BCUT2D eigenvalue weighted by atomic mass is 9.79. The first-order valence-electron chi connectivity index (χ1n) is 9.61. The molecule has 1 aromatic heterocycles. The van der Waals surface area contributed by atoms with Crippen LogP contribution >= 0.6 is 0 Å². The number of benzene rings is 2. The molecule has 152 valence electrons. The Morgan fingerprint density at radius 2 is 1.72 bits per heavy atom. The van der Waals surface area contributed by atoms with Crippen LogP contribution in [0.25, 0.3) is 10.9 Å². The molecular weight excluding hydrogens is 384 g/mol. The number of hydrogen-bond acceptors (Lipinski definition) is 4. The minimum atomic E-state index is -3.88. The second kappa shape index (κ2) is 8.43. The fraction of sp³-hybridized carbons (Fsp3) is 0.304. The van der Waals surface area contributed by atoms with Crippen LogP contribution in [-0.4, -0.2) is 29.4 Å². The third-order valence-corrected chi connectivity index (χ3v) is 6.11. The Morgan fingerprint density at radius 3 is 2.45 bits per heavy atom. The Hall–Kier alpha value is -2.57. The minimum absolute atomic E-state index is 0.107. The van der Waals surface area contributed by atoms with Crippen LogP contribution in [0.3, 0.4) is 0 Å². The molecule has 0 aliphatic carbocycles. The van der Waals surface area contributed by atoms with E-state index in [-0.39, 0.29) is 11.2 Å². The average Bonchev–Trinajstić information content (AvgIpc) is 2.91. The molecule has 0 radical (unpaired) electrons. The number of hydrogen-bond donors (Lipinski definition) is 1. The van der Waals surface area contributed by atoms with E-state index in [0.717, 1.165) is 22.5 Å². The lowest BCUT2D eigenvalue weighted by Gasteiger charge is -2.23. The fourth-order valence-corrected chi connectivity index (χ4v) is 4.08. The Kier molecular flexibility index (Phi) is 6.15. The molecular formula is C23H26N2O3S. The van der Waals surface area contributed by atoms with Gasteiger partial charge in [0, 0.05) is 22.7 Å². The summed E-state index contributed by atoms with van der Waals surface area (Å²) in [7, 11) is -3.88. The summed E-state index contributed by atoms with van der Waals surface area (Å²) in [4.78, 5) is 8.75. The first-order chi connectivity index (χ1) is 13.7. The number of aliphatic imine (C=N–C) groups is 1. The van der Waals surface area contributed by atoms with Gasteiger partial charge in [-0.3, -0.25) is 14.5 Å². The molecule has 0 spiro atoms. The highest BCUT2D eigenvalue weighted by molar-refractivity contribution is 7.85. The average molecular weight is 411 g/mol. The normalized spacial score (nSPS) is 14.7. The van der Waals surface area contributed by atoms with Gasteiger partial charge in [-0.15, -0.1) is 0 Å². The number of nitrogens with zero attached hydrogens (tertiary/aromatic N) is 2.